The van der Waals surface area contributed by atoms with Gasteiger partial charge in [0.25, 0.3) is 5.91 Å². The van der Waals surface area contributed by atoms with E-state index >= 15 is 0 Å². The van der Waals surface area contributed by atoms with E-state index in [1.165, 1.54) is 17.4 Å². The first-order valence-corrected chi connectivity index (χ1v) is 8.49. The summed E-state index contributed by atoms with van der Waals surface area (Å²) >= 11 is 1.48. The number of para-hydroxylation sites is 1. The van der Waals surface area contributed by atoms with Crippen molar-refractivity contribution in [1.29, 1.82) is 0 Å². The summed E-state index contributed by atoms with van der Waals surface area (Å²) in [6.45, 7) is 1.60. The lowest BCUT2D eigenvalue weighted by molar-refractivity contribution is -0.142. The highest BCUT2D eigenvalue weighted by atomic mass is 32.1. The van der Waals surface area contributed by atoms with Crippen LogP contribution in [-0.2, 0) is 14.3 Å². The van der Waals surface area contributed by atoms with E-state index in [1.54, 1.807) is 12.1 Å². The lowest BCUT2D eigenvalue weighted by Crippen LogP contribution is -2.20. The molecule has 1 amide bonds. The number of anilines is 1. The molecule has 0 saturated heterocycles. The summed E-state index contributed by atoms with van der Waals surface area (Å²) < 4.78 is 5.99. The van der Waals surface area contributed by atoms with Gasteiger partial charge in [0.1, 0.15) is 5.01 Å². The zero-order valence-corrected chi connectivity index (χ0v) is 14.4. The van der Waals surface area contributed by atoms with Crippen LogP contribution in [0.3, 0.4) is 0 Å². The van der Waals surface area contributed by atoms with Crippen LogP contribution in [0.25, 0.3) is 16.3 Å². The highest BCUT2D eigenvalue weighted by Gasteiger charge is 2.06. The Morgan fingerprint density at radius 2 is 2.04 bits per heavy atom. The van der Waals surface area contributed by atoms with Gasteiger partial charge in [0.15, 0.2) is 6.61 Å². The second-order valence-corrected chi connectivity index (χ2v) is 6.44. The van der Waals surface area contributed by atoms with Gasteiger partial charge in [-0.25, -0.2) is 9.78 Å². The molecule has 1 heterocycles. The monoisotopic (exact) mass is 352 g/mol. The van der Waals surface area contributed by atoms with Gasteiger partial charge in [-0.05, 0) is 42.8 Å². The Balaban J connectivity index is 1.51. The van der Waals surface area contributed by atoms with E-state index < -0.39 is 5.97 Å². The minimum atomic E-state index is -0.585. The number of hydrogen-bond acceptors (Lipinski definition) is 5. The molecule has 0 saturated carbocycles. The molecule has 2 aromatic carbocycles. The number of amides is 1. The van der Waals surface area contributed by atoms with E-state index in [2.05, 4.69) is 10.3 Å². The van der Waals surface area contributed by atoms with Crippen molar-refractivity contribution in [2.24, 2.45) is 0 Å². The summed E-state index contributed by atoms with van der Waals surface area (Å²) in [7, 11) is 0. The molecule has 25 heavy (non-hydrogen) atoms. The van der Waals surface area contributed by atoms with E-state index in [-0.39, 0.29) is 12.5 Å². The summed E-state index contributed by atoms with van der Waals surface area (Å²) in [5, 5.41) is 3.39. The number of benzene rings is 2. The Kier molecular flexibility index (Phi) is 5.20. The third-order valence-electron chi connectivity index (χ3n) is 3.32. The van der Waals surface area contributed by atoms with Crippen LogP contribution in [-0.4, -0.2) is 23.5 Å². The third kappa shape index (κ3) is 4.74. The molecule has 1 N–H and O–H groups in total. The zero-order valence-electron chi connectivity index (χ0n) is 13.6. The quantitative estimate of drug-likeness (QED) is 0.560. The van der Waals surface area contributed by atoms with Crippen molar-refractivity contribution in [2.75, 3.05) is 11.9 Å². The number of ether oxygens (including phenoxy) is 1. The molecular weight excluding hydrogens is 336 g/mol. The summed E-state index contributed by atoms with van der Waals surface area (Å²) in [5.74, 6) is -0.967. The number of nitrogens with one attached hydrogen (secondary N) is 1. The van der Waals surface area contributed by atoms with Crippen LogP contribution in [0.1, 0.15) is 10.6 Å². The smallest absolute Gasteiger partial charge is 0.331 e. The maximum absolute atomic E-state index is 11.8. The highest BCUT2D eigenvalue weighted by molar-refractivity contribution is 7.19. The molecule has 3 rings (SSSR count). The number of fused-ring (bicyclic) bond motifs is 1. The molecule has 126 valence electrons. The molecule has 0 unspecified atom stereocenters. The Morgan fingerprint density at radius 3 is 2.84 bits per heavy atom. The molecule has 6 heteroatoms. The lowest BCUT2D eigenvalue weighted by Gasteiger charge is -2.05. The molecule has 0 aliphatic carbocycles. The minimum Gasteiger partial charge on any atom is -0.452 e. The first kappa shape index (κ1) is 16.9. The number of nitrogens with zero attached hydrogens (tertiary/aromatic N) is 1. The fourth-order valence-electron chi connectivity index (χ4n) is 2.21. The van der Waals surface area contributed by atoms with Crippen molar-refractivity contribution in [2.45, 2.75) is 6.92 Å². The molecule has 0 aliphatic rings. The van der Waals surface area contributed by atoms with Crippen molar-refractivity contribution >= 4 is 45.2 Å². The van der Waals surface area contributed by atoms with Crippen molar-refractivity contribution in [1.82, 2.24) is 4.98 Å². The van der Waals surface area contributed by atoms with Gasteiger partial charge < -0.3 is 10.1 Å². The van der Waals surface area contributed by atoms with Crippen molar-refractivity contribution < 1.29 is 14.3 Å². The average molecular weight is 352 g/mol. The lowest BCUT2D eigenvalue weighted by atomic mass is 10.2. The van der Waals surface area contributed by atoms with Gasteiger partial charge in [0.2, 0.25) is 0 Å². The number of aromatic nitrogens is 1. The van der Waals surface area contributed by atoms with Crippen LogP contribution in [0.2, 0.25) is 0 Å². The number of carbonyl (C=O) groups is 2. The summed E-state index contributed by atoms with van der Waals surface area (Å²) in [4.78, 5) is 27.9. The fourth-order valence-corrected chi connectivity index (χ4v) is 3.08. The van der Waals surface area contributed by atoms with Gasteiger partial charge in [-0.2, -0.15) is 0 Å². The third-order valence-corrected chi connectivity index (χ3v) is 4.32. The first-order chi connectivity index (χ1) is 12.1. The van der Waals surface area contributed by atoms with Crippen molar-refractivity contribution in [3.05, 3.63) is 65.2 Å². The number of rotatable bonds is 5. The predicted octanol–water partition coefficient (Wildman–Crippen LogP) is 3.80. The average Bonchev–Trinajstić information content (AvgIpc) is 3.01. The molecule has 1 aromatic heterocycles. The number of aryl methyl sites for hydroxylation is 1. The fraction of sp³-hybridized carbons (Fsp3) is 0.105. The normalized spacial score (nSPS) is 10.9. The van der Waals surface area contributed by atoms with Crippen LogP contribution in [0.4, 0.5) is 5.69 Å². The molecule has 0 bridgehead atoms. The Bertz CT molecular complexity index is 914. The standard InChI is InChI=1S/C19H16N2O3S/c1-13-5-4-6-14(11-13)20-17(22)12-24-19(23)10-9-18-21-15-7-2-3-8-16(15)25-18/h2-11H,12H2,1H3,(H,20,22). The molecule has 0 aliphatic heterocycles. The second kappa shape index (κ2) is 7.72. The predicted molar refractivity (Wildman–Crippen MR) is 99.4 cm³/mol. The summed E-state index contributed by atoms with van der Waals surface area (Å²) in [6.07, 6.45) is 2.86. The maximum atomic E-state index is 11.8. The van der Waals surface area contributed by atoms with Crippen LogP contribution in [0.15, 0.2) is 54.6 Å². The van der Waals surface area contributed by atoms with Crippen LogP contribution < -0.4 is 5.32 Å². The van der Waals surface area contributed by atoms with Gasteiger partial charge in [-0.1, -0.05) is 24.3 Å². The van der Waals surface area contributed by atoms with Crippen LogP contribution in [0.5, 0.6) is 0 Å². The maximum Gasteiger partial charge on any atom is 0.331 e. The first-order valence-electron chi connectivity index (χ1n) is 7.67. The Labute approximate surface area is 149 Å². The molecule has 0 fully saturated rings. The molecule has 0 spiro atoms. The molecule has 0 atom stereocenters. The largest absolute Gasteiger partial charge is 0.452 e. The van der Waals surface area contributed by atoms with Gasteiger partial charge >= 0.3 is 5.97 Å². The van der Waals surface area contributed by atoms with E-state index in [4.69, 9.17) is 4.74 Å². The second-order valence-electron chi connectivity index (χ2n) is 5.38. The molecular formula is C19H16N2O3S. The van der Waals surface area contributed by atoms with Crippen LogP contribution in [0, 0.1) is 6.92 Å². The molecule has 3 aromatic rings. The number of hydrogen-bond donors (Lipinski definition) is 1. The van der Waals surface area contributed by atoms with Gasteiger partial charge in [0.05, 0.1) is 10.2 Å². The van der Waals surface area contributed by atoms with E-state index in [1.807, 2.05) is 49.4 Å². The number of thiazole rings is 1. The highest BCUT2D eigenvalue weighted by Crippen LogP contribution is 2.22. The molecule has 0 radical (unpaired) electrons. The van der Waals surface area contributed by atoms with Crippen LogP contribution >= 0.6 is 11.3 Å². The Morgan fingerprint density at radius 1 is 1.20 bits per heavy atom. The van der Waals surface area contributed by atoms with E-state index in [9.17, 15) is 9.59 Å². The van der Waals surface area contributed by atoms with Gasteiger partial charge in [0, 0.05) is 11.8 Å². The van der Waals surface area contributed by atoms with Crippen molar-refractivity contribution in [3.63, 3.8) is 0 Å². The number of carbonyl (C=O) groups excluding carboxylic acids is 2. The van der Waals surface area contributed by atoms with E-state index in [0.717, 1.165) is 15.8 Å². The van der Waals surface area contributed by atoms with E-state index in [0.29, 0.717) is 10.7 Å². The summed E-state index contributed by atoms with van der Waals surface area (Å²) in [6, 6.07) is 15.1. The molecule has 5 nitrogen and oxygen atoms in total. The topological polar surface area (TPSA) is 68.3 Å². The van der Waals surface area contributed by atoms with Crippen molar-refractivity contribution in [3.8, 4) is 0 Å². The van der Waals surface area contributed by atoms with Gasteiger partial charge in [-0.3, -0.25) is 4.79 Å². The minimum absolute atomic E-state index is 0.336. The summed E-state index contributed by atoms with van der Waals surface area (Å²) in [5.41, 5.74) is 2.60. The number of esters is 1. The zero-order chi connectivity index (χ0) is 17.6. The SMILES string of the molecule is Cc1cccc(NC(=O)COC(=O)C=Cc2nc3ccccc3s2)c1. The Hall–Kier alpha value is -2.99. The van der Waals surface area contributed by atoms with Gasteiger partial charge in [-0.15, -0.1) is 11.3 Å².